The second-order valence-corrected chi connectivity index (χ2v) is 5.18. The third kappa shape index (κ3) is 11.2. The van der Waals surface area contributed by atoms with Crippen molar-refractivity contribution in [3.63, 3.8) is 0 Å². The number of carbonyl (C=O) groups excluding carboxylic acids is 1. The Balaban J connectivity index is 3.67. The second-order valence-electron chi connectivity index (χ2n) is 5.18. The third-order valence-corrected chi connectivity index (χ3v) is 2.80. The summed E-state index contributed by atoms with van der Waals surface area (Å²) in [5.41, 5.74) is 9.50. The molecule has 1 atom stereocenters. The molecule has 4 nitrogen and oxygen atoms in total. The minimum absolute atomic E-state index is 0.607. The van der Waals surface area contributed by atoms with E-state index in [2.05, 4.69) is 37.4 Å². The zero-order valence-electron chi connectivity index (χ0n) is 12.1. The summed E-state index contributed by atoms with van der Waals surface area (Å²) in [6.07, 6.45) is 7.90. The molecule has 0 aromatic carbocycles. The second kappa shape index (κ2) is 9.68. The minimum Gasteiger partial charge on any atom is -0.350 e. The van der Waals surface area contributed by atoms with E-state index in [0.717, 1.165) is 24.5 Å². The van der Waals surface area contributed by atoms with Gasteiger partial charge in [-0.15, -0.1) is 0 Å². The Kier molecular flexibility index (Phi) is 8.97. The average molecular weight is 253 g/mol. The van der Waals surface area contributed by atoms with Gasteiger partial charge >= 0.3 is 6.03 Å². The molecule has 2 amide bonds. The normalized spacial score (nSPS) is 13.0. The van der Waals surface area contributed by atoms with E-state index in [9.17, 15) is 4.79 Å². The van der Waals surface area contributed by atoms with Crippen molar-refractivity contribution < 1.29 is 4.79 Å². The summed E-state index contributed by atoms with van der Waals surface area (Å²) in [7, 11) is 0. The first kappa shape index (κ1) is 16.7. The minimum atomic E-state index is -0.607. The first-order valence-electron chi connectivity index (χ1n) is 6.63. The van der Waals surface area contributed by atoms with Crippen molar-refractivity contribution in [2.75, 3.05) is 0 Å². The van der Waals surface area contributed by atoms with Crippen LogP contribution in [0.1, 0.15) is 59.8 Å². The highest BCUT2D eigenvalue weighted by atomic mass is 16.2. The number of nitrogens with zero attached hydrogens (tertiary/aromatic N) is 1. The summed E-state index contributed by atoms with van der Waals surface area (Å²) in [6, 6.07) is -0.607. The van der Waals surface area contributed by atoms with E-state index in [1.807, 2.05) is 6.92 Å². The largest absolute Gasteiger partial charge is 0.350 e. The Bertz CT molecular complexity index is 304. The standard InChI is InChI=1S/C14H27N3O/c1-11(2)7-5-8-12(3)9-6-10-13(4)16-17-14(15)18/h7,12H,5-6,8-10H2,1-4H3,(H3,15,17,18)/b16-13-/t12-/m1/s1. The predicted octanol–water partition coefficient (Wildman–Crippen LogP) is 3.58. The highest BCUT2D eigenvalue weighted by Gasteiger charge is 2.02. The lowest BCUT2D eigenvalue weighted by atomic mass is 9.97. The van der Waals surface area contributed by atoms with Crippen LogP contribution < -0.4 is 11.2 Å². The molecule has 0 spiro atoms. The van der Waals surface area contributed by atoms with Crippen LogP contribution in [-0.2, 0) is 0 Å². The van der Waals surface area contributed by atoms with Gasteiger partial charge in [-0.05, 0) is 52.4 Å². The highest BCUT2D eigenvalue weighted by Crippen LogP contribution is 2.15. The van der Waals surface area contributed by atoms with E-state index < -0.39 is 6.03 Å². The molecule has 0 saturated heterocycles. The van der Waals surface area contributed by atoms with Gasteiger partial charge in [0.05, 0.1) is 0 Å². The number of hydrogen-bond donors (Lipinski definition) is 2. The van der Waals surface area contributed by atoms with Crippen molar-refractivity contribution in [1.82, 2.24) is 5.43 Å². The van der Waals surface area contributed by atoms with Gasteiger partial charge in [0.15, 0.2) is 0 Å². The Morgan fingerprint density at radius 2 is 2.00 bits per heavy atom. The van der Waals surface area contributed by atoms with E-state index in [-0.39, 0.29) is 0 Å². The Labute approximate surface area is 111 Å². The number of urea groups is 1. The maximum absolute atomic E-state index is 10.5. The maximum Gasteiger partial charge on any atom is 0.332 e. The molecule has 0 fully saturated rings. The lowest BCUT2D eigenvalue weighted by Gasteiger charge is -2.09. The van der Waals surface area contributed by atoms with Gasteiger partial charge in [-0.25, -0.2) is 10.2 Å². The van der Waals surface area contributed by atoms with Crippen LogP contribution in [0.4, 0.5) is 4.79 Å². The maximum atomic E-state index is 10.5. The number of rotatable bonds is 8. The fourth-order valence-corrected chi connectivity index (χ4v) is 1.71. The van der Waals surface area contributed by atoms with Crippen LogP contribution in [0.25, 0.3) is 0 Å². The predicted molar refractivity (Wildman–Crippen MR) is 77.5 cm³/mol. The molecule has 0 aromatic heterocycles. The smallest absolute Gasteiger partial charge is 0.332 e. The number of nitrogens with two attached hydrogens (primary N) is 1. The molecule has 3 N–H and O–H groups in total. The number of carbonyl (C=O) groups is 1. The fraction of sp³-hybridized carbons (Fsp3) is 0.714. The van der Waals surface area contributed by atoms with Gasteiger partial charge in [0.25, 0.3) is 0 Å². The van der Waals surface area contributed by atoms with Crippen molar-refractivity contribution in [3.05, 3.63) is 11.6 Å². The van der Waals surface area contributed by atoms with E-state index in [4.69, 9.17) is 5.73 Å². The molecule has 0 aliphatic rings. The summed E-state index contributed by atoms with van der Waals surface area (Å²) in [6.45, 7) is 8.46. The fourth-order valence-electron chi connectivity index (χ4n) is 1.71. The van der Waals surface area contributed by atoms with Gasteiger partial charge in [-0.2, -0.15) is 5.10 Å². The first-order valence-corrected chi connectivity index (χ1v) is 6.63. The zero-order valence-corrected chi connectivity index (χ0v) is 12.1. The number of hydrazone groups is 1. The summed E-state index contributed by atoms with van der Waals surface area (Å²) >= 11 is 0. The van der Waals surface area contributed by atoms with Gasteiger partial charge in [0.1, 0.15) is 0 Å². The summed E-state index contributed by atoms with van der Waals surface area (Å²) in [4.78, 5) is 10.5. The molecule has 4 heteroatoms. The molecular weight excluding hydrogens is 226 g/mol. The van der Waals surface area contributed by atoms with Crippen LogP contribution in [0.15, 0.2) is 16.8 Å². The Hall–Kier alpha value is -1.32. The molecule has 104 valence electrons. The van der Waals surface area contributed by atoms with Crippen molar-refractivity contribution in [3.8, 4) is 0 Å². The van der Waals surface area contributed by atoms with Crippen LogP contribution in [0.2, 0.25) is 0 Å². The SMILES string of the molecule is CC(C)=CCC[C@@H](C)CCC/C(C)=N\NC(N)=O. The van der Waals surface area contributed by atoms with Gasteiger partial charge in [-0.3, -0.25) is 0 Å². The molecule has 0 saturated carbocycles. The number of primary amides is 1. The topological polar surface area (TPSA) is 67.5 Å². The molecule has 0 bridgehead atoms. The average Bonchev–Trinajstić information content (AvgIpc) is 2.25. The first-order chi connectivity index (χ1) is 8.41. The molecular formula is C14H27N3O. The number of allylic oxidation sites excluding steroid dienone is 2. The van der Waals surface area contributed by atoms with Crippen molar-refractivity contribution in [2.45, 2.75) is 59.8 Å². The summed E-state index contributed by atoms with van der Waals surface area (Å²) < 4.78 is 0. The van der Waals surface area contributed by atoms with E-state index >= 15 is 0 Å². The number of nitrogens with one attached hydrogen (secondary N) is 1. The van der Waals surface area contributed by atoms with Crippen molar-refractivity contribution >= 4 is 11.7 Å². The zero-order chi connectivity index (χ0) is 14.0. The van der Waals surface area contributed by atoms with Crippen LogP contribution in [0, 0.1) is 5.92 Å². The molecule has 0 rings (SSSR count). The third-order valence-electron chi connectivity index (χ3n) is 2.80. The lowest BCUT2D eigenvalue weighted by molar-refractivity contribution is 0.249. The molecule has 18 heavy (non-hydrogen) atoms. The van der Waals surface area contributed by atoms with Crippen molar-refractivity contribution in [1.29, 1.82) is 0 Å². The van der Waals surface area contributed by atoms with Crippen LogP contribution >= 0.6 is 0 Å². The van der Waals surface area contributed by atoms with Crippen molar-refractivity contribution in [2.24, 2.45) is 16.8 Å². The molecule has 0 radical (unpaired) electrons. The van der Waals surface area contributed by atoms with Crippen LogP contribution in [-0.4, -0.2) is 11.7 Å². The molecule has 0 aliphatic carbocycles. The van der Waals surface area contributed by atoms with E-state index in [0.29, 0.717) is 0 Å². The molecule has 0 aromatic rings. The van der Waals surface area contributed by atoms with Crippen LogP contribution in [0.3, 0.4) is 0 Å². The number of amides is 2. The van der Waals surface area contributed by atoms with Crippen LogP contribution in [0.5, 0.6) is 0 Å². The Morgan fingerprint density at radius 3 is 2.56 bits per heavy atom. The highest BCUT2D eigenvalue weighted by molar-refractivity contribution is 5.83. The molecule has 0 unspecified atom stereocenters. The Morgan fingerprint density at radius 1 is 1.33 bits per heavy atom. The number of hydrogen-bond acceptors (Lipinski definition) is 2. The summed E-state index contributed by atoms with van der Waals surface area (Å²) in [5.74, 6) is 0.734. The van der Waals surface area contributed by atoms with Gasteiger partial charge in [-0.1, -0.05) is 25.0 Å². The lowest BCUT2D eigenvalue weighted by Crippen LogP contribution is -2.25. The quantitative estimate of drug-likeness (QED) is 0.387. The van der Waals surface area contributed by atoms with Gasteiger partial charge in [0, 0.05) is 5.71 Å². The van der Waals surface area contributed by atoms with Gasteiger partial charge in [0.2, 0.25) is 0 Å². The van der Waals surface area contributed by atoms with E-state index in [1.165, 1.54) is 24.8 Å². The summed E-state index contributed by atoms with van der Waals surface area (Å²) in [5, 5.41) is 3.89. The van der Waals surface area contributed by atoms with E-state index in [1.54, 1.807) is 0 Å². The molecule has 0 heterocycles. The van der Waals surface area contributed by atoms with Gasteiger partial charge < -0.3 is 5.73 Å². The monoisotopic (exact) mass is 253 g/mol. The molecule has 0 aliphatic heterocycles.